The van der Waals surface area contributed by atoms with Crippen LogP contribution in [0, 0.1) is 0 Å². The number of hydrogen-bond acceptors (Lipinski definition) is 10. The summed E-state index contributed by atoms with van der Waals surface area (Å²) >= 11 is 0. The van der Waals surface area contributed by atoms with E-state index in [4.69, 9.17) is 18.9 Å². The molecule has 0 saturated heterocycles. The molecule has 0 bridgehead atoms. The van der Waals surface area contributed by atoms with E-state index < -0.39 is 0 Å². The first-order valence-electron chi connectivity index (χ1n) is 27.7. The van der Waals surface area contributed by atoms with Gasteiger partial charge in [-0.1, -0.05) is 169 Å². The molecule has 0 aliphatic rings. The van der Waals surface area contributed by atoms with E-state index in [-0.39, 0.29) is 18.5 Å². The first-order valence-corrected chi connectivity index (χ1v) is 27.7. The quantitative estimate of drug-likeness (QED) is 0.0469. The van der Waals surface area contributed by atoms with Gasteiger partial charge in [-0.2, -0.15) is 0 Å². The standard InChI is InChI=1S/C54H109N3O7/c1-5-9-13-29-39-56(40-30-14-10-6-2)44-47-61-49-51-63-53(59)35-27-23-19-17-21-25-33-37-55(43-46-58)38-34-26-22-18-20-24-28-36-54(60)64-52-50-62-48-45-57(41-31-15-11-7-3)42-32-16-12-8-4/h58H,5-52H2,1-4H3. The molecule has 0 atom stereocenters. The zero-order valence-electron chi connectivity index (χ0n) is 43.2. The van der Waals surface area contributed by atoms with E-state index in [2.05, 4.69) is 42.4 Å². The zero-order chi connectivity index (χ0) is 46.7. The summed E-state index contributed by atoms with van der Waals surface area (Å²) in [6.45, 7) is 21.8. The molecule has 0 amide bonds. The second kappa shape index (κ2) is 52.7. The summed E-state index contributed by atoms with van der Waals surface area (Å²) in [6, 6.07) is 0. The summed E-state index contributed by atoms with van der Waals surface area (Å²) in [4.78, 5) is 31.9. The SMILES string of the molecule is CCCCCCN(CCCCCC)CCOCCOC(=O)CCCCCCCCCN(CCO)CCCCCCCCCC(=O)OCCOCCN(CCCCCC)CCCCCC. The molecular weight excluding hydrogens is 803 g/mol. The fourth-order valence-electron chi connectivity index (χ4n) is 8.34. The predicted molar refractivity (Wildman–Crippen MR) is 270 cm³/mol. The van der Waals surface area contributed by atoms with Gasteiger partial charge >= 0.3 is 11.9 Å². The Labute approximate surface area is 397 Å². The number of aliphatic hydroxyl groups is 1. The monoisotopic (exact) mass is 912 g/mol. The fraction of sp³-hybridized carbons (Fsp3) is 0.963. The molecule has 1 N–H and O–H groups in total. The molecule has 0 aromatic carbocycles. The van der Waals surface area contributed by atoms with Gasteiger partial charge in [0.05, 0.1) is 33.0 Å². The fourth-order valence-corrected chi connectivity index (χ4v) is 8.34. The van der Waals surface area contributed by atoms with E-state index in [0.717, 1.165) is 84.6 Å². The van der Waals surface area contributed by atoms with Gasteiger partial charge in [0, 0.05) is 32.5 Å². The molecule has 0 aromatic heterocycles. The molecule has 0 aromatic rings. The summed E-state index contributed by atoms with van der Waals surface area (Å²) in [5.41, 5.74) is 0. The molecule has 0 rings (SSSR count). The lowest BCUT2D eigenvalue weighted by atomic mass is 10.1. The van der Waals surface area contributed by atoms with Crippen LogP contribution in [0.3, 0.4) is 0 Å². The van der Waals surface area contributed by atoms with E-state index in [9.17, 15) is 14.7 Å². The molecule has 10 heteroatoms. The maximum atomic E-state index is 12.2. The van der Waals surface area contributed by atoms with Crippen molar-refractivity contribution < 1.29 is 33.6 Å². The number of aliphatic hydroxyl groups excluding tert-OH is 1. The van der Waals surface area contributed by atoms with Gasteiger partial charge in [0.25, 0.3) is 0 Å². The highest BCUT2D eigenvalue weighted by Gasteiger charge is 2.09. The topological polar surface area (TPSA) is 101 Å². The zero-order valence-corrected chi connectivity index (χ0v) is 43.2. The molecular formula is C54H109N3O7. The average Bonchev–Trinajstić information content (AvgIpc) is 3.29. The van der Waals surface area contributed by atoms with Crippen molar-refractivity contribution in [3.63, 3.8) is 0 Å². The van der Waals surface area contributed by atoms with Crippen molar-refractivity contribution in [3.05, 3.63) is 0 Å². The van der Waals surface area contributed by atoms with Crippen LogP contribution in [-0.4, -0.2) is 137 Å². The second-order valence-electron chi connectivity index (χ2n) is 18.6. The van der Waals surface area contributed by atoms with Crippen LogP contribution < -0.4 is 0 Å². The highest BCUT2D eigenvalue weighted by molar-refractivity contribution is 5.69. The molecule has 0 aliphatic heterocycles. The summed E-state index contributed by atoms with van der Waals surface area (Å²) < 4.78 is 22.5. The third-order valence-electron chi connectivity index (χ3n) is 12.5. The van der Waals surface area contributed by atoms with Gasteiger partial charge < -0.3 is 38.8 Å². The molecule has 10 nitrogen and oxygen atoms in total. The summed E-state index contributed by atoms with van der Waals surface area (Å²) in [7, 11) is 0. The van der Waals surface area contributed by atoms with E-state index in [0.29, 0.717) is 52.5 Å². The van der Waals surface area contributed by atoms with Crippen LogP contribution in [0.1, 0.15) is 233 Å². The first kappa shape index (κ1) is 62.7. The third kappa shape index (κ3) is 47.2. The molecule has 0 aliphatic carbocycles. The minimum absolute atomic E-state index is 0.0961. The Kier molecular flexibility index (Phi) is 51.6. The molecule has 0 fully saturated rings. The summed E-state index contributed by atoms with van der Waals surface area (Å²) in [5, 5.41) is 9.59. The predicted octanol–water partition coefficient (Wildman–Crippen LogP) is 12.6. The number of unbranched alkanes of at least 4 members (excludes halogenated alkanes) is 24. The number of carbonyl (C=O) groups is 2. The largest absolute Gasteiger partial charge is 0.463 e. The minimum atomic E-state index is -0.0961. The Morgan fingerprint density at radius 3 is 0.875 bits per heavy atom. The van der Waals surface area contributed by atoms with Crippen molar-refractivity contribution in [2.45, 2.75) is 233 Å². The summed E-state index contributed by atoms with van der Waals surface area (Å²) in [6.07, 6.45) is 37.7. The highest BCUT2D eigenvalue weighted by Crippen LogP contribution is 2.13. The molecule has 0 unspecified atom stereocenters. The number of ether oxygens (including phenoxy) is 4. The third-order valence-corrected chi connectivity index (χ3v) is 12.5. The van der Waals surface area contributed by atoms with Crippen molar-refractivity contribution in [1.82, 2.24) is 14.7 Å². The van der Waals surface area contributed by atoms with Gasteiger partial charge in [0.1, 0.15) is 13.2 Å². The van der Waals surface area contributed by atoms with Crippen LogP contribution in [0.4, 0.5) is 0 Å². The van der Waals surface area contributed by atoms with Gasteiger partial charge in [0.2, 0.25) is 0 Å². The minimum Gasteiger partial charge on any atom is -0.463 e. The molecule has 0 saturated carbocycles. The van der Waals surface area contributed by atoms with Crippen LogP contribution in [0.5, 0.6) is 0 Å². The van der Waals surface area contributed by atoms with E-state index in [1.807, 2.05) is 0 Å². The van der Waals surface area contributed by atoms with Crippen molar-refractivity contribution in [1.29, 1.82) is 0 Å². The number of esters is 2. The van der Waals surface area contributed by atoms with Gasteiger partial charge in [-0.25, -0.2) is 0 Å². The Morgan fingerprint density at radius 1 is 0.312 bits per heavy atom. The molecule has 382 valence electrons. The maximum absolute atomic E-state index is 12.2. The lowest BCUT2D eigenvalue weighted by Crippen LogP contribution is -2.30. The van der Waals surface area contributed by atoms with Crippen LogP contribution in [0.2, 0.25) is 0 Å². The van der Waals surface area contributed by atoms with Crippen molar-refractivity contribution in [2.24, 2.45) is 0 Å². The first-order chi connectivity index (χ1) is 31.5. The van der Waals surface area contributed by atoms with Crippen LogP contribution >= 0.6 is 0 Å². The Balaban J connectivity index is 3.75. The number of hydrogen-bond donors (Lipinski definition) is 1. The van der Waals surface area contributed by atoms with Gasteiger partial charge in [0.15, 0.2) is 0 Å². The normalized spacial score (nSPS) is 11.8. The van der Waals surface area contributed by atoms with Crippen LogP contribution in [0.15, 0.2) is 0 Å². The lowest BCUT2D eigenvalue weighted by molar-refractivity contribution is -0.146. The lowest BCUT2D eigenvalue weighted by Gasteiger charge is -2.22. The van der Waals surface area contributed by atoms with E-state index >= 15 is 0 Å². The molecule has 0 radical (unpaired) electrons. The average molecular weight is 912 g/mol. The Hall–Kier alpha value is -1.30. The summed E-state index contributed by atoms with van der Waals surface area (Å²) in [5.74, 6) is -0.192. The Bertz CT molecular complexity index is 851. The van der Waals surface area contributed by atoms with Gasteiger partial charge in [-0.15, -0.1) is 0 Å². The van der Waals surface area contributed by atoms with Crippen LogP contribution in [0.25, 0.3) is 0 Å². The van der Waals surface area contributed by atoms with Crippen molar-refractivity contribution in [3.8, 4) is 0 Å². The molecule has 0 spiro atoms. The maximum Gasteiger partial charge on any atom is 0.305 e. The number of carbonyl (C=O) groups excluding carboxylic acids is 2. The van der Waals surface area contributed by atoms with Gasteiger partial charge in [-0.05, 0) is 90.6 Å². The second-order valence-corrected chi connectivity index (χ2v) is 18.6. The highest BCUT2D eigenvalue weighted by atomic mass is 16.6. The van der Waals surface area contributed by atoms with Crippen molar-refractivity contribution in [2.75, 3.05) is 105 Å². The number of rotatable bonds is 54. The van der Waals surface area contributed by atoms with Crippen molar-refractivity contribution >= 4 is 11.9 Å². The molecule has 0 heterocycles. The van der Waals surface area contributed by atoms with Crippen LogP contribution in [-0.2, 0) is 28.5 Å². The Morgan fingerprint density at radius 2 is 0.578 bits per heavy atom. The molecule has 64 heavy (non-hydrogen) atoms. The van der Waals surface area contributed by atoms with E-state index in [1.54, 1.807) is 0 Å². The van der Waals surface area contributed by atoms with E-state index in [1.165, 1.54) is 167 Å². The smallest absolute Gasteiger partial charge is 0.305 e. The number of nitrogens with zero attached hydrogens (tertiary/aromatic N) is 3. The van der Waals surface area contributed by atoms with Gasteiger partial charge in [-0.3, -0.25) is 9.59 Å².